The fraction of sp³-hybridized carbons (Fsp3) is 0.464. The molecule has 3 saturated heterocycles. The van der Waals surface area contributed by atoms with E-state index in [1.165, 1.54) is 18.4 Å². The second-order valence-corrected chi connectivity index (χ2v) is 11.1. The van der Waals surface area contributed by atoms with Crippen molar-refractivity contribution in [1.82, 2.24) is 25.3 Å². The van der Waals surface area contributed by atoms with Crippen molar-refractivity contribution in [2.45, 2.75) is 38.3 Å². The normalized spacial score (nSPS) is 26.6. The standard InChI is InChI=1S/C28H31N5O4/c34-25-4-3-23(26(35)30-25)32-14-20-11-19(1-2-22(20)27(32)36)24-10-18(9-21-12-29-17-33(21)24)13-31-7-5-28(6-8-31)15-37-16-28/h1-2,9-12,23,29H,3-8,13-17H2,(H,30,34,35). The molecule has 6 heterocycles. The number of imide groups is 1. The first-order valence-electron chi connectivity index (χ1n) is 13.2. The van der Waals surface area contributed by atoms with Crippen LogP contribution in [-0.2, 0) is 20.9 Å². The van der Waals surface area contributed by atoms with Crippen LogP contribution in [0.5, 0.6) is 0 Å². The molecule has 0 radical (unpaired) electrons. The van der Waals surface area contributed by atoms with E-state index in [9.17, 15) is 14.4 Å². The lowest BCUT2D eigenvalue weighted by Gasteiger charge is -2.47. The molecule has 1 aromatic rings. The van der Waals surface area contributed by atoms with Crippen LogP contribution in [0.25, 0.3) is 5.70 Å². The zero-order valence-corrected chi connectivity index (χ0v) is 20.8. The number of piperidine rings is 2. The molecule has 1 aromatic carbocycles. The summed E-state index contributed by atoms with van der Waals surface area (Å²) in [5.74, 6) is -0.795. The fourth-order valence-corrected chi connectivity index (χ4v) is 6.43. The van der Waals surface area contributed by atoms with Crippen molar-refractivity contribution in [3.63, 3.8) is 0 Å². The fourth-order valence-electron chi connectivity index (χ4n) is 6.43. The summed E-state index contributed by atoms with van der Waals surface area (Å²) in [5.41, 5.74) is 6.59. The van der Waals surface area contributed by atoms with Crippen LogP contribution in [0.3, 0.4) is 0 Å². The maximum Gasteiger partial charge on any atom is 0.255 e. The number of rotatable bonds is 4. The second kappa shape index (κ2) is 8.56. The summed E-state index contributed by atoms with van der Waals surface area (Å²) in [5, 5.41) is 5.72. The predicted octanol–water partition coefficient (Wildman–Crippen LogP) is 1.55. The number of fused-ring (bicyclic) bond motifs is 2. The second-order valence-electron chi connectivity index (χ2n) is 11.1. The summed E-state index contributed by atoms with van der Waals surface area (Å²) in [6, 6.07) is 5.38. The van der Waals surface area contributed by atoms with E-state index in [0.29, 0.717) is 30.6 Å². The molecule has 1 spiro atoms. The Bertz CT molecular complexity index is 1280. The highest BCUT2D eigenvalue weighted by Gasteiger charge is 2.42. The first-order chi connectivity index (χ1) is 18.0. The number of allylic oxidation sites excluding steroid dienone is 1. The number of hydrogen-bond acceptors (Lipinski definition) is 7. The molecule has 0 bridgehead atoms. The van der Waals surface area contributed by atoms with E-state index in [-0.39, 0.29) is 24.1 Å². The van der Waals surface area contributed by atoms with Crippen molar-refractivity contribution < 1.29 is 19.1 Å². The van der Waals surface area contributed by atoms with Gasteiger partial charge in [0.2, 0.25) is 11.8 Å². The van der Waals surface area contributed by atoms with Gasteiger partial charge < -0.3 is 19.9 Å². The number of carbonyl (C=O) groups excluding carboxylic acids is 3. The molecule has 9 heteroatoms. The third kappa shape index (κ3) is 3.88. The van der Waals surface area contributed by atoms with E-state index in [0.717, 1.165) is 55.4 Å². The van der Waals surface area contributed by atoms with Crippen molar-refractivity contribution >= 4 is 23.4 Å². The molecule has 0 saturated carbocycles. The van der Waals surface area contributed by atoms with Gasteiger partial charge in [0.25, 0.3) is 5.91 Å². The lowest BCUT2D eigenvalue weighted by atomic mass is 9.77. The molecule has 0 aromatic heterocycles. The third-order valence-corrected chi connectivity index (χ3v) is 8.72. The number of nitrogens with one attached hydrogen (secondary N) is 2. The Morgan fingerprint density at radius 2 is 1.92 bits per heavy atom. The minimum Gasteiger partial charge on any atom is -0.380 e. The highest BCUT2D eigenvalue weighted by Crippen LogP contribution is 2.39. The van der Waals surface area contributed by atoms with Gasteiger partial charge in [-0.2, -0.15) is 0 Å². The van der Waals surface area contributed by atoms with Gasteiger partial charge in [0.15, 0.2) is 0 Å². The lowest BCUT2D eigenvalue weighted by molar-refractivity contribution is -0.138. The molecular formula is C28H31N5O4. The number of benzene rings is 1. The zero-order valence-electron chi connectivity index (χ0n) is 20.8. The molecule has 9 nitrogen and oxygen atoms in total. The minimum absolute atomic E-state index is 0.141. The van der Waals surface area contributed by atoms with E-state index in [1.807, 2.05) is 12.1 Å². The molecule has 37 heavy (non-hydrogen) atoms. The Labute approximate surface area is 215 Å². The van der Waals surface area contributed by atoms with Crippen LogP contribution in [0.2, 0.25) is 0 Å². The summed E-state index contributed by atoms with van der Waals surface area (Å²) in [7, 11) is 0. The first-order valence-corrected chi connectivity index (χ1v) is 13.2. The van der Waals surface area contributed by atoms with Gasteiger partial charge in [0.1, 0.15) is 6.04 Å². The van der Waals surface area contributed by atoms with Crippen molar-refractivity contribution in [1.29, 1.82) is 0 Å². The SMILES string of the molecule is O=C1CCC(N2Cc3cc(C4=CC(CN5CCC6(CC5)COC6)=CC5=CNCN54)ccc3C2=O)C(=O)N1. The monoisotopic (exact) mass is 501 g/mol. The number of ether oxygens (including phenoxy) is 1. The van der Waals surface area contributed by atoms with Crippen LogP contribution in [0.1, 0.15) is 47.2 Å². The van der Waals surface area contributed by atoms with Crippen molar-refractivity contribution in [2.75, 3.05) is 39.5 Å². The van der Waals surface area contributed by atoms with Crippen LogP contribution in [0.4, 0.5) is 0 Å². The van der Waals surface area contributed by atoms with Gasteiger partial charge >= 0.3 is 0 Å². The molecule has 7 rings (SSSR count). The largest absolute Gasteiger partial charge is 0.380 e. The summed E-state index contributed by atoms with van der Waals surface area (Å²) in [6.45, 7) is 6.04. The van der Waals surface area contributed by atoms with Gasteiger partial charge in [-0.15, -0.1) is 0 Å². The molecule has 1 unspecified atom stereocenters. The third-order valence-electron chi connectivity index (χ3n) is 8.72. The topological polar surface area (TPSA) is 94.2 Å². The highest BCUT2D eigenvalue weighted by atomic mass is 16.5. The van der Waals surface area contributed by atoms with Gasteiger partial charge in [0, 0.05) is 36.7 Å². The molecule has 6 aliphatic heterocycles. The lowest BCUT2D eigenvalue weighted by Crippen LogP contribution is -2.52. The summed E-state index contributed by atoms with van der Waals surface area (Å²) in [6.07, 6.45) is 9.64. The summed E-state index contributed by atoms with van der Waals surface area (Å²) in [4.78, 5) is 43.5. The maximum atomic E-state index is 13.1. The Kier molecular flexibility index (Phi) is 5.26. The Hall–Kier alpha value is -3.43. The van der Waals surface area contributed by atoms with Crippen LogP contribution in [0.15, 0.2) is 47.8 Å². The van der Waals surface area contributed by atoms with Crippen molar-refractivity contribution in [3.8, 4) is 0 Å². The van der Waals surface area contributed by atoms with E-state index < -0.39 is 6.04 Å². The molecule has 0 aliphatic carbocycles. The average Bonchev–Trinajstić information content (AvgIpc) is 3.47. The minimum atomic E-state index is -0.600. The van der Waals surface area contributed by atoms with Gasteiger partial charge in [-0.3, -0.25) is 24.6 Å². The first kappa shape index (κ1) is 22.7. The molecule has 1 atom stereocenters. The molecule has 3 fully saturated rings. The smallest absolute Gasteiger partial charge is 0.255 e. The summed E-state index contributed by atoms with van der Waals surface area (Å²) >= 11 is 0. The van der Waals surface area contributed by atoms with E-state index >= 15 is 0 Å². The van der Waals surface area contributed by atoms with Crippen LogP contribution >= 0.6 is 0 Å². The molecular weight excluding hydrogens is 470 g/mol. The van der Waals surface area contributed by atoms with E-state index in [4.69, 9.17) is 4.74 Å². The van der Waals surface area contributed by atoms with Gasteiger partial charge in [-0.25, -0.2) is 0 Å². The average molecular weight is 502 g/mol. The van der Waals surface area contributed by atoms with Crippen LogP contribution < -0.4 is 10.6 Å². The number of amides is 3. The summed E-state index contributed by atoms with van der Waals surface area (Å²) < 4.78 is 5.48. The van der Waals surface area contributed by atoms with Crippen molar-refractivity contribution in [2.24, 2.45) is 5.41 Å². The van der Waals surface area contributed by atoms with E-state index in [2.05, 4.69) is 44.9 Å². The number of carbonyl (C=O) groups is 3. The predicted molar refractivity (Wildman–Crippen MR) is 135 cm³/mol. The molecule has 2 N–H and O–H groups in total. The highest BCUT2D eigenvalue weighted by molar-refractivity contribution is 6.05. The van der Waals surface area contributed by atoms with Gasteiger partial charge in [-0.1, -0.05) is 6.07 Å². The van der Waals surface area contributed by atoms with Gasteiger partial charge in [-0.05, 0) is 73.3 Å². The number of hydrogen-bond donors (Lipinski definition) is 2. The maximum absolute atomic E-state index is 13.1. The molecule has 6 aliphatic rings. The van der Waals surface area contributed by atoms with E-state index in [1.54, 1.807) is 4.90 Å². The Morgan fingerprint density at radius 3 is 2.68 bits per heavy atom. The quantitative estimate of drug-likeness (QED) is 0.605. The Balaban J connectivity index is 1.12. The van der Waals surface area contributed by atoms with Gasteiger partial charge in [0.05, 0.1) is 31.3 Å². The zero-order chi connectivity index (χ0) is 25.1. The Morgan fingerprint density at radius 1 is 1.08 bits per heavy atom. The van der Waals surface area contributed by atoms with Crippen LogP contribution in [0, 0.1) is 5.41 Å². The number of nitrogens with zero attached hydrogens (tertiary/aromatic N) is 3. The molecule has 3 amide bonds. The van der Waals surface area contributed by atoms with Crippen LogP contribution in [-0.4, -0.2) is 78.0 Å². The molecule has 192 valence electrons. The number of likely N-dealkylation sites (tertiary alicyclic amines) is 1. The van der Waals surface area contributed by atoms with Crippen molar-refractivity contribution in [3.05, 3.63) is 64.5 Å².